The lowest BCUT2D eigenvalue weighted by atomic mass is 10.2. The van der Waals surface area contributed by atoms with Gasteiger partial charge in [-0.05, 0) is 43.3 Å². The number of benzene rings is 1. The predicted molar refractivity (Wildman–Crippen MR) is 89.6 cm³/mol. The number of ether oxygens (including phenoxy) is 1. The summed E-state index contributed by atoms with van der Waals surface area (Å²) in [5.41, 5.74) is 0.245. The van der Waals surface area contributed by atoms with E-state index in [0.29, 0.717) is 11.7 Å². The molecule has 124 valence electrons. The summed E-state index contributed by atoms with van der Waals surface area (Å²) in [7, 11) is 0. The molecule has 1 rings (SSSR count). The van der Waals surface area contributed by atoms with Gasteiger partial charge >= 0.3 is 12.8 Å². The third-order valence-electron chi connectivity index (χ3n) is 2.45. The van der Waals surface area contributed by atoms with E-state index in [2.05, 4.69) is 0 Å². The molecule has 0 unspecified atom stereocenters. The second-order valence-electron chi connectivity index (χ2n) is 4.86. The smallest absolute Gasteiger partial charge is 0.440 e. The molecule has 5 nitrogen and oxygen atoms in total. The standard InChI is InChI=1S/C15H23O5PS/c1-5-18-15(16)13-9-7-8-10-14(13)20-21(17,19-6-2)22-11-12(3)4/h7-10,12H,5-6,11H2,1-4H3/t21-/m0/s1. The van der Waals surface area contributed by atoms with Gasteiger partial charge in [0, 0.05) is 5.75 Å². The van der Waals surface area contributed by atoms with E-state index < -0.39 is 12.8 Å². The van der Waals surface area contributed by atoms with Gasteiger partial charge in [-0.15, -0.1) is 0 Å². The second kappa shape index (κ2) is 9.23. The van der Waals surface area contributed by atoms with Gasteiger partial charge in [0.2, 0.25) is 0 Å². The first-order valence-corrected chi connectivity index (χ1v) is 10.4. The normalized spacial score (nSPS) is 13.7. The summed E-state index contributed by atoms with van der Waals surface area (Å²) in [4.78, 5) is 11.9. The summed E-state index contributed by atoms with van der Waals surface area (Å²) >= 11 is 1.14. The molecule has 22 heavy (non-hydrogen) atoms. The van der Waals surface area contributed by atoms with Crippen LogP contribution in [0.15, 0.2) is 24.3 Å². The molecule has 0 aromatic heterocycles. The Bertz CT molecular complexity index is 532. The van der Waals surface area contributed by atoms with Gasteiger partial charge in [-0.2, -0.15) is 0 Å². The molecule has 0 heterocycles. The molecule has 7 heteroatoms. The summed E-state index contributed by atoms with van der Waals surface area (Å²) in [6.07, 6.45) is 0. The number of esters is 1. The number of rotatable bonds is 9. The fourth-order valence-electron chi connectivity index (χ4n) is 1.53. The van der Waals surface area contributed by atoms with Crippen LogP contribution in [-0.4, -0.2) is 24.9 Å². The van der Waals surface area contributed by atoms with Crippen LogP contribution in [0.5, 0.6) is 5.75 Å². The van der Waals surface area contributed by atoms with Crippen LogP contribution >= 0.6 is 18.2 Å². The molecule has 0 amide bonds. The van der Waals surface area contributed by atoms with Gasteiger partial charge in [0.15, 0.2) is 0 Å². The Kier molecular flexibility index (Phi) is 8.01. The number of carbonyl (C=O) groups is 1. The topological polar surface area (TPSA) is 61.8 Å². The molecule has 1 aromatic carbocycles. The van der Waals surface area contributed by atoms with Gasteiger partial charge in [0.05, 0.1) is 13.2 Å². The first-order chi connectivity index (χ1) is 10.4. The highest BCUT2D eigenvalue weighted by Gasteiger charge is 2.29. The molecule has 0 spiro atoms. The average molecular weight is 346 g/mol. The fourth-order valence-corrected chi connectivity index (χ4v) is 5.29. The molecule has 0 aliphatic heterocycles. The van der Waals surface area contributed by atoms with E-state index in [9.17, 15) is 9.36 Å². The van der Waals surface area contributed by atoms with E-state index in [-0.39, 0.29) is 24.5 Å². The molecular weight excluding hydrogens is 323 g/mol. The van der Waals surface area contributed by atoms with Crippen molar-refractivity contribution in [3.8, 4) is 5.75 Å². The maximum atomic E-state index is 12.8. The predicted octanol–water partition coefficient (Wildman–Crippen LogP) is 4.78. The Morgan fingerprint density at radius 3 is 2.50 bits per heavy atom. The average Bonchev–Trinajstić information content (AvgIpc) is 2.46. The summed E-state index contributed by atoms with van der Waals surface area (Å²) in [6, 6.07) is 6.58. The second-order valence-corrected chi connectivity index (χ2v) is 8.91. The van der Waals surface area contributed by atoms with Crippen LogP contribution in [-0.2, 0) is 13.8 Å². The third kappa shape index (κ3) is 6.03. The van der Waals surface area contributed by atoms with Crippen LogP contribution < -0.4 is 4.52 Å². The van der Waals surface area contributed by atoms with Crippen molar-refractivity contribution in [3.05, 3.63) is 29.8 Å². The monoisotopic (exact) mass is 346 g/mol. The Morgan fingerprint density at radius 1 is 1.23 bits per heavy atom. The van der Waals surface area contributed by atoms with Crippen molar-refractivity contribution in [2.24, 2.45) is 5.92 Å². The van der Waals surface area contributed by atoms with Crippen molar-refractivity contribution < 1.29 is 23.1 Å². The van der Waals surface area contributed by atoms with Crippen LogP contribution in [0.25, 0.3) is 0 Å². The molecule has 0 radical (unpaired) electrons. The maximum Gasteiger partial charge on any atom is 0.440 e. The number of para-hydroxylation sites is 1. The largest absolute Gasteiger partial charge is 0.462 e. The summed E-state index contributed by atoms with van der Waals surface area (Å²) in [6.45, 7) is 4.69. The van der Waals surface area contributed by atoms with Crippen LogP contribution in [0, 0.1) is 5.92 Å². The van der Waals surface area contributed by atoms with E-state index in [1.54, 1.807) is 38.1 Å². The van der Waals surface area contributed by atoms with Crippen LogP contribution in [0.1, 0.15) is 38.1 Å². The van der Waals surface area contributed by atoms with Gasteiger partial charge in [-0.1, -0.05) is 26.0 Å². The molecule has 1 atom stereocenters. The van der Waals surface area contributed by atoms with E-state index >= 15 is 0 Å². The number of hydrogen-bond donors (Lipinski definition) is 0. The lowest BCUT2D eigenvalue weighted by Crippen LogP contribution is -2.07. The van der Waals surface area contributed by atoms with E-state index in [4.69, 9.17) is 13.8 Å². The van der Waals surface area contributed by atoms with Crippen molar-refractivity contribution in [1.82, 2.24) is 0 Å². The van der Waals surface area contributed by atoms with E-state index in [1.807, 2.05) is 13.8 Å². The summed E-state index contributed by atoms with van der Waals surface area (Å²) in [5.74, 6) is 0.699. The highest BCUT2D eigenvalue weighted by atomic mass is 32.7. The minimum atomic E-state index is -3.37. The van der Waals surface area contributed by atoms with Crippen molar-refractivity contribution in [2.45, 2.75) is 27.7 Å². The van der Waals surface area contributed by atoms with E-state index in [0.717, 1.165) is 11.4 Å². The zero-order valence-electron chi connectivity index (χ0n) is 13.4. The van der Waals surface area contributed by atoms with Crippen molar-refractivity contribution in [2.75, 3.05) is 19.0 Å². The Morgan fingerprint density at radius 2 is 1.91 bits per heavy atom. The summed E-state index contributed by atoms with van der Waals surface area (Å²) < 4.78 is 28.7. The maximum absolute atomic E-state index is 12.8. The first kappa shape index (κ1) is 19.1. The van der Waals surface area contributed by atoms with Crippen LogP contribution in [0.2, 0.25) is 0 Å². The number of carbonyl (C=O) groups excluding carboxylic acids is 1. The summed E-state index contributed by atoms with van der Waals surface area (Å²) in [5, 5.41) is 0. The molecule has 0 bridgehead atoms. The van der Waals surface area contributed by atoms with Gasteiger partial charge in [-0.3, -0.25) is 4.52 Å². The van der Waals surface area contributed by atoms with E-state index in [1.165, 1.54) is 0 Å². The van der Waals surface area contributed by atoms with Crippen LogP contribution in [0.4, 0.5) is 0 Å². The lowest BCUT2D eigenvalue weighted by molar-refractivity contribution is 0.0524. The van der Waals surface area contributed by atoms with Crippen molar-refractivity contribution in [3.63, 3.8) is 0 Å². The zero-order valence-corrected chi connectivity index (χ0v) is 15.1. The van der Waals surface area contributed by atoms with Crippen molar-refractivity contribution >= 4 is 24.1 Å². The Balaban J connectivity index is 2.98. The molecule has 0 aliphatic carbocycles. The fraction of sp³-hybridized carbons (Fsp3) is 0.533. The molecule has 1 aromatic rings. The quantitative estimate of drug-likeness (QED) is 0.474. The minimum Gasteiger partial charge on any atom is -0.462 e. The SMILES string of the molecule is CCOC(=O)c1ccccc1O[P@](=O)(OCC)SCC(C)C. The molecule has 0 fully saturated rings. The minimum absolute atomic E-state index is 0.217. The zero-order chi connectivity index (χ0) is 16.6. The van der Waals surface area contributed by atoms with Crippen molar-refractivity contribution in [1.29, 1.82) is 0 Å². The lowest BCUT2D eigenvalue weighted by Gasteiger charge is -2.19. The highest BCUT2D eigenvalue weighted by molar-refractivity contribution is 8.55. The molecule has 0 saturated carbocycles. The first-order valence-electron chi connectivity index (χ1n) is 7.26. The van der Waals surface area contributed by atoms with Gasteiger partial charge < -0.3 is 9.26 Å². The van der Waals surface area contributed by atoms with Gasteiger partial charge in [0.1, 0.15) is 11.3 Å². The van der Waals surface area contributed by atoms with Gasteiger partial charge in [-0.25, -0.2) is 9.36 Å². The molecule has 0 saturated heterocycles. The van der Waals surface area contributed by atoms with Gasteiger partial charge in [0.25, 0.3) is 0 Å². The molecule has 0 aliphatic rings. The Hall–Kier alpha value is -0.970. The Labute approximate surface area is 136 Å². The number of hydrogen-bond acceptors (Lipinski definition) is 6. The molecular formula is C15H23O5PS. The third-order valence-corrected chi connectivity index (χ3v) is 6.51. The molecule has 0 N–H and O–H groups in total. The highest BCUT2D eigenvalue weighted by Crippen LogP contribution is 2.60. The van der Waals surface area contributed by atoms with Crippen LogP contribution in [0.3, 0.4) is 0 Å².